The van der Waals surface area contributed by atoms with E-state index in [1.54, 1.807) is 18.2 Å². The summed E-state index contributed by atoms with van der Waals surface area (Å²) < 4.78 is 34.8. The van der Waals surface area contributed by atoms with Gasteiger partial charge in [-0.15, -0.1) is 0 Å². The first-order valence-corrected chi connectivity index (χ1v) is 13.6. The Bertz CT molecular complexity index is 1280. The van der Waals surface area contributed by atoms with Crippen LogP contribution in [-0.2, 0) is 16.4 Å². The van der Waals surface area contributed by atoms with Crippen molar-refractivity contribution in [2.75, 3.05) is 24.5 Å². The third-order valence-corrected chi connectivity index (χ3v) is 9.02. The van der Waals surface area contributed by atoms with Gasteiger partial charge in [-0.25, -0.2) is 17.7 Å². The second-order valence-corrected chi connectivity index (χ2v) is 11.1. The van der Waals surface area contributed by atoms with Crippen molar-refractivity contribution in [2.24, 2.45) is 0 Å². The fourth-order valence-corrected chi connectivity index (χ4v) is 7.31. The summed E-state index contributed by atoms with van der Waals surface area (Å²) in [5, 5.41) is 3.58. The average Bonchev–Trinajstić information content (AvgIpc) is 3.33. The zero-order chi connectivity index (χ0) is 24.3. The van der Waals surface area contributed by atoms with Crippen molar-refractivity contribution in [3.8, 4) is 5.75 Å². The molecule has 4 rings (SSSR count). The highest BCUT2D eigenvalue weighted by atomic mass is 32.2. The van der Waals surface area contributed by atoms with E-state index in [0.29, 0.717) is 41.5 Å². The lowest BCUT2D eigenvalue weighted by Gasteiger charge is -2.33. The third-order valence-electron chi connectivity index (χ3n) is 6.05. The number of methoxy groups -OCH3 is 1. The van der Waals surface area contributed by atoms with Crippen molar-refractivity contribution in [1.29, 1.82) is 0 Å². The molecule has 180 valence electrons. The number of nitrogens with zero attached hydrogens (tertiary/aromatic N) is 2. The van der Waals surface area contributed by atoms with Crippen LogP contribution in [-0.4, -0.2) is 45.4 Å². The Hall–Kier alpha value is -2.75. The van der Waals surface area contributed by atoms with Gasteiger partial charge < -0.3 is 10.1 Å². The lowest BCUT2D eigenvalue weighted by molar-refractivity contribution is 0.104. The fourth-order valence-electron chi connectivity index (χ4n) is 4.24. The lowest BCUT2D eigenvalue weighted by Crippen LogP contribution is -2.46. The Morgan fingerprint density at radius 2 is 1.94 bits per heavy atom. The van der Waals surface area contributed by atoms with E-state index >= 15 is 0 Å². The highest BCUT2D eigenvalue weighted by Crippen LogP contribution is 2.36. The summed E-state index contributed by atoms with van der Waals surface area (Å²) in [6.45, 7) is 5.27. The van der Waals surface area contributed by atoms with Crippen LogP contribution in [0.1, 0.15) is 46.1 Å². The number of piperidine rings is 1. The summed E-state index contributed by atoms with van der Waals surface area (Å²) in [5.74, 6) is 0.145. The van der Waals surface area contributed by atoms with Crippen LogP contribution in [0.25, 0.3) is 0 Å². The molecule has 0 saturated carbocycles. The normalized spacial score (nSPS) is 14.7. The zero-order valence-electron chi connectivity index (χ0n) is 19.6. The number of carbonyl (C=O) groups excluding carboxylic acids is 1. The van der Waals surface area contributed by atoms with Crippen molar-refractivity contribution in [3.63, 3.8) is 0 Å². The summed E-state index contributed by atoms with van der Waals surface area (Å²) in [7, 11) is -2.53. The molecule has 2 aromatic carbocycles. The van der Waals surface area contributed by atoms with Crippen LogP contribution in [0.15, 0.2) is 53.6 Å². The summed E-state index contributed by atoms with van der Waals surface area (Å²) in [6, 6.07) is 12.3. The molecule has 1 saturated heterocycles. The lowest BCUT2D eigenvalue weighted by atomic mass is 10.0. The van der Waals surface area contributed by atoms with Crippen LogP contribution in [0.3, 0.4) is 0 Å². The molecule has 34 heavy (non-hydrogen) atoms. The molecule has 0 bridgehead atoms. The number of thiazole rings is 1. The Labute approximate surface area is 204 Å². The summed E-state index contributed by atoms with van der Waals surface area (Å²) in [6.07, 6.45) is 3.52. The van der Waals surface area contributed by atoms with Gasteiger partial charge in [0.2, 0.25) is 5.78 Å². The fraction of sp³-hybridized carbons (Fsp3) is 0.360. The van der Waals surface area contributed by atoms with Gasteiger partial charge in [0.05, 0.1) is 24.2 Å². The van der Waals surface area contributed by atoms with Gasteiger partial charge in [0, 0.05) is 5.56 Å². The minimum absolute atomic E-state index is 0.105. The number of hydrogen-bond acceptors (Lipinski definition) is 7. The Balaban J connectivity index is 1.79. The smallest absolute Gasteiger partial charge is 0.270 e. The Kier molecular flexibility index (Phi) is 7.35. The standard InChI is InChI=1S/C25H29N3O4S2/c1-4-18-7-5-6-8-20(18)24(29)22-16-27-25(33-22)28(19-11-13-26-14-12-19)34(30,31)23-15-17(2)9-10-21(23)32-3/h5-10,15-16,19,26H,4,11-14H2,1-3H3. The van der Waals surface area contributed by atoms with Gasteiger partial charge in [-0.2, -0.15) is 0 Å². The number of rotatable bonds is 8. The summed E-state index contributed by atoms with van der Waals surface area (Å²) in [4.78, 5) is 18.2. The number of carbonyl (C=O) groups is 1. The predicted octanol–water partition coefficient (Wildman–Crippen LogP) is 4.20. The van der Waals surface area contributed by atoms with E-state index in [4.69, 9.17) is 4.74 Å². The number of aryl methyl sites for hydroxylation is 2. The SMILES string of the molecule is CCc1ccccc1C(=O)c1cnc(N(C2CCNCC2)S(=O)(=O)c2cc(C)ccc2OC)s1. The maximum Gasteiger partial charge on any atom is 0.270 e. The third kappa shape index (κ3) is 4.73. The highest BCUT2D eigenvalue weighted by Gasteiger charge is 2.37. The molecule has 0 unspecified atom stereocenters. The van der Waals surface area contributed by atoms with Gasteiger partial charge in [-0.1, -0.05) is 48.6 Å². The topological polar surface area (TPSA) is 88.6 Å². The number of hydrogen-bond donors (Lipinski definition) is 1. The van der Waals surface area contributed by atoms with Crippen molar-refractivity contribution in [1.82, 2.24) is 10.3 Å². The van der Waals surface area contributed by atoms with Gasteiger partial charge in [0.1, 0.15) is 10.6 Å². The molecule has 2 heterocycles. The van der Waals surface area contributed by atoms with Crippen molar-refractivity contribution < 1.29 is 17.9 Å². The Morgan fingerprint density at radius 1 is 1.21 bits per heavy atom. The van der Waals surface area contributed by atoms with Crippen LogP contribution in [0, 0.1) is 6.92 Å². The maximum atomic E-state index is 14.0. The minimum Gasteiger partial charge on any atom is -0.495 e. The van der Waals surface area contributed by atoms with E-state index in [1.807, 2.05) is 38.1 Å². The maximum absolute atomic E-state index is 14.0. The molecule has 3 aromatic rings. The van der Waals surface area contributed by atoms with Crippen LogP contribution in [0.2, 0.25) is 0 Å². The first-order valence-electron chi connectivity index (χ1n) is 11.3. The van der Waals surface area contributed by atoms with Gasteiger partial charge in [0.15, 0.2) is 5.13 Å². The highest BCUT2D eigenvalue weighted by molar-refractivity contribution is 7.93. The van der Waals surface area contributed by atoms with Crippen molar-refractivity contribution >= 4 is 32.3 Å². The number of benzene rings is 2. The minimum atomic E-state index is -3.99. The molecule has 0 amide bonds. The number of sulfonamides is 1. The first-order chi connectivity index (χ1) is 16.4. The molecule has 9 heteroatoms. The molecule has 0 atom stereocenters. The van der Waals surface area contributed by atoms with Gasteiger partial charge >= 0.3 is 0 Å². The van der Waals surface area contributed by atoms with Gasteiger partial charge in [0.25, 0.3) is 10.0 Å². The second-order valence-electron chi connectivity index (χ2n) is 8.28. The number of ketones is 1. The van der Waals surface area contributed by atoms with E-state index < -0.39 is 10.0 Å². The second kappa shape index (κ2) is 10.2. The molecule has 0 radical (unpaired) electrons. The van der Waals surface area contributed by atoms with Crippen molar-refractivity contribution in [3.05, 3.63) is 70.2 Å². The molecule has 1 aromatic heterocycles. The number of aromatic nitrogens is 1. The molecule has 7 nitrogen and oxygen atoms in total. The summed E-state index contributed by atoms with van der Waals surface area (Å²) >= 11 is 1.12. The van der Waals surface area contributed by atoms with Crippen LogP contribution >= 0.6 is 11.3 Å². The average molecular weight is 500 g/mol. The van der Waals surface area contributed by atoms with Gasteiger partial charge in [-0.05, 0) is 62.5 Å². The molecular formula is C25H29N3O4S2. The summed E-state index contributed by atoms with van der Waals surface area (Å²) in [5.41, 5.74) is 2.39. The molecular weight excluding hydrogens is 470 g/mol. The van der Waals surface area contributed by atoms with Crippen LogP contribution in [0.5, 0.6) is 5.75 Å². The number of anilines is 1. The van der Waals surface area contributed by atoms with Crippen LogP contribution < -0.4 is 14.4 Å². The number of ether oxygens (including phenoxy) is 1. The van der Waals surface area contributed by atoms with E-state index in [2.05, 4.69) is 10.3 Å². The zero-order valence-corrected chi connectivity index (χ0v) is 21.2. The number of nitrogens with one attached hydrogen (secondary N) is 1. The molecule has 0 spiro atoms. The first kappa shape index (κ1) is 24.4. The largest absolute Gasteiger partial charge is 0.495 e. The van der Waals surface area contributed by atoms with Gasteiger partial charge in [-0.3, -0.25) is 4.79 Å². The monoisotopic (exact) mass is 499 g/mol. The quantitative estimate of drug-likeness (QED) is 0.468. The molecule has 0 aliphatic carbocycles. The Morgan fingerprint density at radius 3 is 2.65 bits per heavy atom. The van der Waals surface area contributed by atoms with Crippen LogP contribution in [0.4, 0.5) is 5.13 Å². The van der Waals surface area contributed by atoms with E-state index in [-0.39, 0.29) is 22.5 Å². The van der Waals surface area contributed by atoms with E-state index in [9.17, 15) is 13.2 Å². The molecule has 1 aliphatic heterocycles. The molecule has 1 aliphatic rings. The van der Waals surface area contributed by atoms with E-state index in [0.717, 1.165) is 28.9 Å². The molecule has 1 N–H and O–H groups in total. The van der Waals surface area contributed by atoms with Crippen molar-refractivity contribution in [2.45, 2.75) is 44.0 Å². The van der Waals surface area contributed by atoms with E-state index in [1.165, 1.54) is 17.6 Å². The predicted molar refractivity (Wildman–Crippen MR) is 135 cm³/mol. The molecule has 1 fully saturated rings.